The van der Waals surface area contributed by atoms with E-state index in [1.54, 1.807) is 15.7 Å². The van der Waals surface area contributed by atoms with E-state index >= 15 is 0 Å². The highest BCUT2D eigenvalue weighted by Crippen LogP contribution is 2.34. The number of nitrogens with one attached hydrogen (secondary N) is 1. The van der Waals surface area contributed by atoms with Crippen LogP contribution in [0.25, 0.3) is 17.0 Å². The summed E-state index contributed by atoms with van der Waals surface area (Å²) < 4.78 is 33.3. The second-order valence-corrected chi connectivity index (χ2v) is 7.46. The van der Waals surface area contributed by atoms with Crippen LogP contribution in [-0.4, -0.2) is 56.9 Å². The monoisotopic (exact) mass is 451 g/mol. The standard InChI is InChI=1S/C20H15F2N9O2/c21-20(22)31-9-11(8-25-31)17-26-27-18(33-17)19(32)29-6-4-13-15(24-10-23-13)16(29)14-7-12-3-1-2-5-30(12)28-14/h1-3,5,7-10,16,20H,4,6H2,(H,23,24). The normalized spacial score (nSPS) is 16.0. The molecule has 0 fully saturated rings. The number of aromatic amines is 1. The molecule has 0 aromatic carbocycles. The van der Waals surface area contributed by atoms with Gasteiger partial charge in [-0.2, -0.15) is 19.0 Å². The van der Waals surface area contributed by atoms with Crippen LogP contribution in [-0.2, 0) is 6.42 Å². The topological polar surface area (TPSA) is 123 Å². The molecule has 0 radical (unpaired) electrons. The van der Waals surface area contributed by atoms with E-state index in [0.717, 1.165) is 17.4 Å². The summed E-state index contributed by atoms with van der Waals surface area (Å²) in [6.45, 7) is -2.43. The number of fused-ring (bicyclic) bond motifs is 2. The molecule has 166 valence electrons. The lowest BCUT2D eigenvalue weighted by Gasteiger charge is -2.32. The molecule has 1 amide bonds. The summed E-state index contributed by atoms with van der Waals surface area (Å²) in [6, 6.07) is 7.02. The molecule has 0 bridgehead atoms. The van der Waals surface area contributed by atoms with Crippen LogP contribution in [0, 0.1) is 0 Å². The SMILES string of the molecule is O=C(c1nnc(-c2cnn(C(F)F)c2)o1)N1CCc2[nH]cnc2C1c1cc2ccccn2n1. The van der Waals surface area contributed by atoms with Crippen LogP contribution in [0.2, 0.25) is 0 Å². The summed E-state index contributed by atoms with van der Waals surface area (Å²) in [5.74, 6) is -0.847. The lowest BCUT2D eigenvalue weighted by molar-refractivity contribution is 0.0566. The average Bonchev–Trinajstić information content (AvgIpc) is 3.61. The maximum atomic E-state index is 13.4. The van der Waals surface area contributed by atoms with E-state index < -0.39 is 18.5 Å². The van der Waals surface area contributed by atoms with E-state index in [4.69, 9.17) is 4.42 Å². The van der Waals surface area contributed by atoms with Crippen molar-refractivity contribution in [2.45, 2.75) is 19.0 Å². The average molecular weight is 451 g/mol. The number of halogens is 2. The predicted octanol–water partition coefficient (Wildman–Crippen LogP) is 2.49. The number of carbonyl (C=O) groups excluding carboxylic acids is 1. The third-order valence-electron chi connectivity index (χ3n) is 5.51. The minimum Gasteiger partial charge on any atom is -0.412 e. The van der Waals surface area contributed by atoms with Gasteiger partial charge in [-0.05, 0) is 18.2 Å². The first-order valence-electron chi connectivity index (χ1n) is 10.0. The molecule has 6 rings (SSSR count). The molecule has 1 atom stereocenters. The molecule has 13 heteroatoms. The van der Waals surface area contributed by atoms with Crippen molar-refractivity contribution >= 4 is 11.4 Å². The zero-order valence-corrected chi connectivity index (χ0v) is 16.8. The van der Waals surface area contributed by atoms with Crippen molar-refractivity contribution in [3.8, 4) is 11.5 Å². The molecule has 33 heavy (non-hydrogen) atoms. The molecule has 0 spiro atoms. The molecule has 5 aromatic rings. The molecule has 1 aliphatic heterocycles. The van der Waals surface area contributed by atoms with Crippen molar-refractivity contribution in [2.75, 3.05) is 6.54 Å². The van der Waals surface area contributed by atoms with Crippen LogP contribution in [0.15, 0.2) is 53.6 Å². The lowest BCUT2D eigenvalue weighted by atomic mass is 9.99. The fourth-order valence-electron chi connectivity index (χ4n) is 3.99. The van der Waals surface area contributed by atoms with Crippen molar-refractivity contribution in [1.29, 1.82) is 0 Å². The lowest BCUT2D eigenvalue weighted by Crippen LogP contribution is -2.41. The van der Waals surface area contributed by atoms with Gasteiger partial charge in [0.1, 0.15) is 6.04 Å². The Kier molecular flexibility index (Phi) is 4.28. The Morgan fingerprint density at radius 1 is 1.27 bits per heavy atom. The van der Waals surface area contributed by atoms with Gasteiger partial charge >= 0.3 is 18.3 Å². The number of amides is 1. The number of imidazole rings is 1. The van der Waals surface area contributed by atoms with E-state index in [0.29, 0.717) is 29.0 Å². The van der Waals surface area contributed by atoms with Gasteiger partial charge in [-0.15, -0.1) is 10.2 Å². The highest BCUT2D eigenvalue weighted by atomic mass is 19.3. The first-order valence-corrected chi connectivity index (χ1v) is 10.0. The zero-order valence-electron chi connectivity index (χ0n) is 16.8. The van der Waals surface area contributed by atoms with Crippen LogP contribution >= 0.6 is 0 Å². The van der Waals surface area contributed by atoms with Gasteiger partial charge in [0.25, 0.3) is 5.89 Å². The van der Waals surface area contributed by atoms with Crippen LogP contribution in [0.3, 0.4) is 0 Å². The Labute approximate surface area is 183 Å². The van der Waals surface area contributed by atoms with E-state index in [2.05, 4.69) is 30.4 Å². The number of pyridine rings is 1. The Balaban J connectivity index is 1.36. The van der Waals surface area contributed by atoms with Crippen LogP contribution in [0.1, 0.15) is 40.4 Å². The van der Waals surface area contributed by atoms with Crippen LogP contribution in [0.4, 0.5) is 8.78 Å². The number of hydrogen-bond acceptors (Lipinski definition) is 7. The summed E-state index contributed by atoms with van der Waals surface area (Å²) in [7, 11) is 0. The van der Waals surface area contributed by atoms with Gasteiger partial charge in [0.05, 0.1) is 35.0 Å². The highest BCUT2D eigenvalue weighted by Gasteiger charge is 2.38. The van der Waals surface area contributed by atoms with E-state index in [-0.39, 0.29) is 17.3 Å². The molecular weight excluding hydrogens is 436 g/mol. The van der Waals surface area contributed by atoms with Gasteiger partial charge in [0.2, 0.25) is 0 Å². The largest absolute Gasteiger partial charge is 0.412 e. The van der Waals surface area contributed by atoms with Crippen LogP contribution in [0.5, 0.6) is 0 Å². The molecule has 0 aliphatic carbocycles. The Bertz CT molecular complexity index is 1430. The number of H-pyrrole nitrogens is 1. The van der Waals surface area contributed by atoms with Gasteiger partial charge in [-0.1, -0.05) is 6.07 Å². The number of carbonyl (C=O) groups is 1. The predicted molar refractivity (Wildman–Crippen MR) is 107 cm³/mol. The molecule has 1 aliphatic rings. The number of alkyl halides is 2. The van der Waals surface area contributed by atoms with Gasteiger partial charge in [0, 0.05) is 31.1 Å². The maximum absolute atomic E-state index is 13.4. The first kappa shape index (κ1) is 19.3. The number of nitrogens with zero attached hydrogens (tertiary/aromatic N) is 8. The molecule has 1 unspecified atom stereocenters. The maximum Gasteiger partial charge on any atom is 0.333 e. The fourth-order valence-corrected chi connectivity index (χ4v) is 3.99. The second kappa shape index (κ2) is 7.32. The fraction of sp³-hybridized carbons (Fsp3) is 0.200. The minimum atomic E-state index is -2.80. The van der Waals surface area contributed by atoms with Crippen LogP contribution < -0.4 is 0 Å². The summed E-state index contributed by atoms with van der Waals surface area (Å²) >= 11 is 0. The Hall–Kier alpha value is -4.42. The van der Waals surface area contributed by atoms with Gasteiger partial charge < -0.3 is 14.3 Å². The summed E-state index contributed by atoms with van der Waals surface area (Å²) in [5.41, 5.74) is 3.31. The van der Waals surface area contributed by atoms with E-state index in [1.807, 2.05) is 30.5 Å². The van der Waals surface area contributed by atoms with Crippen molar-refractivity contribution < 1.29 is 18.0 Å². The zero-order chi connectivity index (χ0) is 22.5. The summed E-state index contributed by atoms with van der Waals surface area (Å²) in [6.07, 6.45) is 6.22. The Morgan fingerprint density at radius 2 is 2.18 bits per heavy atom. The summed E-state index contributed by atoms with van der Waals surface area (Å²) in [4.78, 5) is 22.5. The molecule has 11 nitrogen and oxygen atoms in total. The second-order valence-electron chi connectivity index (χ2n) is 7.46. The molecule has 1 N–H and O–H groups in total. The van der Waals surface area contributed by atoms with Crippen molar-refractivity contribution in [3.05, 3.63) is 72.2 Å². The number of rotatable bonds is 4. The smallest absolute Gasteiger partial charge is 0.333 e. The minimum absolute atomic E-state index is 0.0769. The van der Waals surface area contributed by atoms with E-state index in [9.17, 15) is 13.6 Å². The highest BCUT2D eigenvalue weighted by molar-refractivity contribution is 5.90. The Morgan fingerprint density at radius 3 is 3.00 bits per heavy atom. The van der Waals surface area contributed by atoms with E-state index in [1.165, 1.54) is 6.20 Å². The van der Waals surface area contributed by atoms with Crippen molar-refractivity contribution in [1.82, 2.24) is 44.5 Å². The van der Waals surface area contributed by atoms with Crippen molar-refractivity contribution in [2.24, 2.45) is 0 Å². The van der Waals surface area contributed by atoms with Gasteiger partial charge in [-0.3, -0.25) is 4.79 Å². The van der Waals surface area contributed by atoms with Gasteiger partial charge in [0.15, 0.2) is 0 Å². The number of aromatic nitrogens is 8. The number of hydrogen-bond donors (Lipinski definition) is 1. The molecular formula is C20H15F2N9O2. The van der Waals surface area contributed by atoms with Gasteiger partial charge in [-0.25, -0.2) is 14.2 Å². The van der Waals surface area contributed by atoms with Crippen molar-refractivity contribution in [3.63, 3.8) is 0 Å². The quantitative estimate of drug-likeness (QED) is 0.445. The third kappa shape index (κ3) is 3.16. The molecule has 6 heterocycles. The summed E-state index contributed by atoms with van der Waals surface area (Å²) in [5, 5.41) is 15.9. The third-order valence-corrected chi connectivity index (χ3v) is 5.51. The molecule has 5 aromatic heterocycles. The molecule has 0 saturated heterocycles. The molecule has 0 saturated carbocycles. The first-order chi connectivity index (χ1) is 16.1.